The van der Waals surface area contributed by atoms with Crippen LogP contribution in [0.2, 0.25) is 0 Å². The summed E-state index contributed by atoms with van der Waals surface area (Å²) in [7, 11) is 0. The van der Waals surface area contributed by atoms with Crippen molar-refractivity contribution in [2.45, 2.75) is 25.3 Å². The second-order valence-corrected chi connectivity index (χ2v) is 5.00. The number of hydrogen-bond acceptors (Lipinski definition) is 4. The normalized spacial score (nSPS) is 22.6. The van der Waals surface area contributed by atoms with E-state index in [1.807, 2.05) is 18.3 Å². The Morgan fingerprint density at radius 3 is 3.05 bits per heavy atom. The minimum atomic E-state index is 0.448. The maximum atomic E-state index is 5.84. The van der Waals surface area contributed by atoms with Crippen LogP contribution in [0.3, 0.4) is 0 Å². The van der Waals surface area contributed by atoms with E-state index in [0.29, 0.717) is 12.0 Å². The van der Waals surface area contributed by atoms with Gasteiger partial charge in [-0.2, -0.15) is 5.10 Å². The summed E-state index contributed by atoms with van der Waals surface area (Å²) < 4.78 is 1.79. The third kappa shape index (κ3) is 2.46. The molecule has 1 saturated carbocycles. The van der Waals surface area contributed by atoms with Gasteiger partial charge in [0.25, 0.3) is 0 Å². The lowest BCUT2D eigenvalue weighted by atomic mass is 10.0. The number of anilines is 1. The third-order valence-corrected chi connectivity index (χ3v) is 3.81. The fourth-order valence-electron chi connectivity index (χ4n) is 2.80. The van der Waals surface area contributed by atoms with E-state index in [0.717, 1.165) is 18.1 Å². The van der Waals surface area contributed by atoms with E-state index in [2.05, 4.69) is 21.5 Å². The number of hydrogen-bond donors (Lipinski definition) is 2. The highest BCUT2D eigenvalue weighted by atomic mass is 15.3. The molecule has 19 heavy (non-hydrogen) atoms. The van der Waals surface area contributed by atoms with Crippen LogP contribution in [0.25, 0.3) is 5.82 Å². The number of pyridine rings is 1. The highest BCUT2D eigenvalue weighted by Crippen LogP contribution is 2.29. The Morgan fingerprint density at radius 2 is 2.26 bits per heavy atom. The maximum absolute atomic E-state index is 5.84. The summed E-state index contributed by atoms with van der Waals surface area (Å²) >= 11 is 0. The Hall–Kier alpha value is -1.88. The number of nitrogens with one attached hydrogen (secondary N) is 1. The number of rotatable bonds is 4. The Morgan fingerprint density at radius 1 is 1.32 bits per heavy atom. The van der Waals surface area contributed by atoms with Gasteiger partial charge in [0.05, 0.1) is 5.69 Å². The lowest BCUT2D eigenvalue weighted by Gasteiger charge is -2.21. The van der Waals surface area contributed by atoms with Crippen LogP contribution in [0, 0.1) is 5.92 Å². The molecule has 2 aromatic heterocycles. The quantitative estimate of drug-likeness (QED) is 0.876. The molecule has 3 rings (SSSR count). The van der Waals surface area contributed by atoms with Crippen molar-refractivity contribution in [2.75, 3.05) is 11.9 Å². The van der Waals surface area contributed by atoms with Gasteiger partial charge in [-0.15, -0.1) is 0 Å². The summed E-state index contributed by atoms with van der Waals surface area (Å²) in [6.45, 7) is 0.745. The molecule has 0 aromatic carbocycles. The third-order valence-electron chi connectivity index (χ3n) is 3.81. The van der Waals surface area contributed by atoms with E-state index >= 15 is 0 Å². The van der Waals surface area contributed by atoms with Gasteiger partial charge in [0.2, 0.25) is 0 Å². The van der Waals surface area contributed by atoms with E-state index in [1.54, 1.807) is 17.1 Å². The molecule has 100 valence electrons. The van der Waals surface area contributed by atoms with Crippen molar-refractivity contribution in [3.63, 3.8) is 0 Å². The topological polar surface area (TPSA) is 68.8 Å². The zero-order valence-corrected chi connectivity index (χ0v) is 10.9. The average Bonchev–Trinajstić information content (AvgIpc) is 3.10. The van der Waals surface area contributed by atoms with Gasteiger partial charge in [-0.1, -0.05) is 6.42 Å². The van der Waals surface area contributed by atoms with Crippen LogP contribution in [-0.4, -0.2) is 27.4 Å². The molecule has 0 bridgehead atoms. The molecule has 3 N–H and O–H groups in total. The SMILES string of the molecule is NCC1CCCC1Nc1cccnc1-n1cccn1. The molecule has 5 heteroatoms. The van der Waals surface area contributed by atoms with E-state index in [4.69, 9.17) is 5.73 Å². The summed E-state index contributed by atoms with van der Waals surface area (Å²) in [4.78, 5) is 4.42. The second-order valence-electron chi connectivity index (χ2n) is 5.00. The van der Waals surface area contributed by atoms with Crippen molar-refractivity contribution in [3.8, 4) is 5.82 Å². The van der Waals surface area contributed by atoms with E-state index in [9.17, 15) is 0 Å². The first-order valence-corrected chi connectivity index (χ1v) is 6.80. The predicted molar refractivity (Wildman–Crippen MR) is 75.2 cm³/mol. The van der Waals surface area contributed by atoms with Gasteiger partial charge in [0.1, 0.15) is 0 Å². The molecular formula is C14H19N5. The van der Waals surface area contributed by atoms with Crippen molar-refractivity contribution >= 4 is 5.69 Å². The first-order valence-electron chi connectivity index (χ1n) is 6.80. The fraction of sp³-hybridized carbons (Fsp3) is 0.429. The fourth-order valence-corrected chi connectivity index (χ4v) is 2.80. The zero-order valence-electron chi connectivity index (χ0n) is 10.9. The van der Waals surface area contributed by atoms with Crippen molar-refractivity contribution in [1.82, 2.24) is 14.8 Å². The number of aromatic nitrogens is 3. The van der Waals surface area contributed by atoms with Crippen LogP contribution in [0.1, 0.15) is 19.3 Å². The molecule has 0 amide bonds. The van der Waals surface area contributed by atoms with Crippen LogP contribution in [-0.2, 0) is 0 Å². The highest BCUT2D eigenvalue weighted by Gasteiger charge is 2.26. The van der Waals surface area contributed by atoms with Crippen molar-refractivity contribution in [2.24, 2.45) is 11.7 Å². The maximum Gasteiger partial charge on any atom is 0.176 e. The van der Waals surface area contributed by atoms with E-state index in [-0.39, 0.29) is 0 Å². The molecule has 2 aromatic rings. The monoisotopic (exact) mass is 257 g/mol. The Bertz CT molecular complexity index is 522. The Balaban J connectivity index is 1.85. The summed E-state index contributed by atoms with van der Waals surface area (Å²) in [5, 5.41) is 7.85. The summed E-state index contributed by atoms with van der Waals surface area (Å²) in [6, 6.07) is 6.34. The summed E-state index contributed by atoms with van der Waals surface area (Å²) in [5.41, 5.74) is 6.86. The van der Waals surface area contributed by atoms with Crippen LogP contribution in [0.5, 0.6) is 0 Å². The summed E-state index contributed by atoms with van der Waals surface area (Å²) in [6.07, 6.45) is 9.09. The van der Waals surface area contributed by atoms with Gasteiger partial charge in [-0.05, 0) is 43.5 Å². The molecule has 2 atom stereocenters. The van der Waals surface area contributed by atoms with Crippen LogP contribution in [0.4, 0.5) is 5.69 Å². The molecule has 1 aliphatic rings. The Kier molecular flexibility index (Phi) is 3.46. The standard InChI is InChI=1S/C14H19N5/c15-10-11-4-1-5-12(11)18-13-6-2-7-16-14(13)19-9-3-8-17-19/h2-3,6-9,11-12,18H,1,4-5,10,15H2. The average molecular weight is 257 g/mol. The molecule has 2 unspecified atom stereocenters. The van der Waals surface area contributed by atoms with Gasteiger partial charge >= 0.3 is 0 Å². The van der Waals surface area contributed by atoms with Crippen LogP contribution in [0.15, 0.2) is 36.8 Å². The van der Waals surface area contributed by atoms with Gasteiger partial charge in [-0.3, -0.25) is 0 Å². The number of nitrogens with zero attached hydrogens (tertiary/aromatic N) is 3. The molecule has 0 radical (unpaired) electrons. The van der Waals surface area contributed by atoms with Gasteiger partial charge in [-0.25, -0.2) is 9.67 Å². The zero-order chi connectivity index (χ0) is 13.1. The van der Waals surface area contributed by atoms with Crippen molar-refractivity contribution < 1.29 is 0 Å². The van der Waals surface area contributed by atoms with E-state index in [1.165, 1.54) is 19.3 Å². The lowest BCUT2D eigenvalue weighted by Crippen LogP contribution is -2.30. The van der Waals surface area contributed by atoms with E-state index < -0.39 is 0 Å². The lowest BCUT2D eigenvalue weighted by molar-refractivity contribution is 0.516. The van der Waals surface area contributed by atoms with Gasteiger partial charge in [0, 0.05) is 24.6 Å². The minimum Gasteiger partial charge on any atom is -0.379 e. The largest absolute Gasteiger partial charge is 0.379 e. The van der Waals surface area contributed by atoms with Crippen LogP contribution < -0.4 is 11.1 Å². The minimum absolute atomic E-state index is 0.448. The molecule has 5 nitrogen and oxygen atoms in total. The molecule has 0 saturated heterocycles. The van der Waals surface area contributed by atoms with Crippen molar-refractivity contribution in [1.29, 1.82) is 0 Å². The first kappa shape index (κ1) is 12.2. The van der Waals surface area contributed by atoms with Gasteiger partial charge < -0.3 is 11.1 Å². The summed E-state index contributed by atoms with van der Waals surface area (Å²) in [5.74, 6) is 1.40. The second kappa shape index (κ2) is 5.40. The molecule has 2 heterocycles. The predicted octanol–water partition coefficient (Wildman–Crippen LogP) is 1.81. The van der Waals surface area contributed by atoms with Gasteiger partial charge in [0.15, 0.2) is 5.82 Å². The molecule has 0 aliphatic heterocycles. The molecular weight excluding hydrogens is 238 g/mol. The first-order chi connectivity index (χ1) is 9.38. The number of nitrogens with two attached hydrogens (primary N) is 1. The molecule has 1 aliphatic carbocycles. The highest BCUT2D eigenvalue weighted by molar-refractivity contribution is 5.57. The molecule has 0 spiro atoms. The van der Waals surface area contributed by atoms with Crippen molar-refractivity contribution in [3.05, 3.63) is 36.8 Å². The smallest absolute Gasteiger partial charge is 0.176 e. The molecule has 1 fully saturated rings. The van der Waals surface area contributed by atoms with Crippen LogP contribution >= 0.6 is 0 Å². The Labute approximate surface area is 112 Å².